The van der Waals surface area contributed by atoms with E-state index in [1.54, 1.807) is 6.07 Å². The summed E-state index contributed by atoms with van der Waals surface area (Å²) in [6.45, 7) is 0.433. The summed E-state index contributed by atoms with van der Waals surface area (Å²) >= 11 is 5.84. The molecule has 0 aliphatic heterocycles. The zero-order valence-corrected chi connectivity index (χ0v) is 12.3. The molecule has 3 rings (SSSR count). The Labute approximate surface area is 126 Å². The molecular weight excluding hydrogens is 301 g/mol. The number of nitrogens with one attached hydrogen (secondary N) is 1. The number of fused-ring (bicyclic) bond motifs is 2. The van der Waals surface area contributed by atoms with Crippen molar-refractivity contribution >= 4 is 17.3 Å². The van der Waals surface area contributed by atoms with E-state index in [1.807, 2.05) is 0 Å². The van der Waals surface area contributed by atoms with E-state index in [4.69, 9.17) is 17.3 Å². The highest BCUT2D eigenvalue weighted by Crippen LogP contribution is 2.51. The van der Waals surface area contributed by atoms with E-state index in [0.29, 0.717) is 24.1 Å². The molecule has 0 aromatic heterocycles. The minimum Gasteiger partial charge on any atom is -0.378 e. The van der Waals surface area contributed by atoms with E-state index in [9.17, 15) is 13.2 Å². The molecule has 0 amide bonds. The maximum atomic E-state index is 12.9. The Morgan fingerprint density at radius 2 is 2.05 bits per heavy atom. The number of hydrogen-bond donors (Lipinski definition) is 2. The highest BCUT2D eigenvalue weighted by atomic mass is 35.5. The van der Waals surface area contributed by atoms with Gasteiger partial charge in [0.05, 0.1) is 11.1 Å². The molecule has 0 heterocycles. The van der Waals surface area contributed by atoms with E-state index >= 15 is 0 Å². The van der Waals surface area contributed by atoms with Crippen molar-refractivity contribution in [2.75, 3.05) is 11.9 Å². The molecule has 21 heavy (non-hydrogen) atoms. The lowest BCUT2D eigenvalue weighted by molar-refractivity contribution is -0.137. The van der Waals surface area contributed by atoms with Crippen LogP contribution in [0.15, 0.2) is 18.2 Å². The smallest absolute Gasteiger partial charge is 0.378 e. The van der Waals surface area contributed by atoms with Crippen LogP contribution in [0, 0.1) is 11.8 Å². The number of benzene rings is 1. The molecule has 116 valence electrons. The maximum Gasteiger partial charge on any atom is 0.416 e. The van der Waals surface area contributed by atoms with E-state index in [0.717, 1.165) is 31.4 Å². The van der Waals surface area contributed by atoms with Crippen LogP contribution in [0.1, 0.15) is 31.2 Å². The summed E-state index contributed by atoms with van der Waals surface area (Å²) < 4.78 is 38.6. The Morgan fingerprint density at radius 3 is 2.57 bits per heavy atom. The fourth-order valence-corrected chi connectivity index (χ4v) is 4.25. The fraction of sp³-hybridized carbons (Fsp3) is 0.600. The highest BCUT2D eigenvalue weighted by Gasteiger charge is 2.50. The van der Waals surface area contributed by atoms with Crippen molar-refractivity contribution in [2.45, 2.75) is 37.4 Å². The Kier molecular flexibility index (Phi) is 3.61. The number of alkyl halides is 3. The lowest BCUT2D eigenvalue weighted by Crippen LogP contribution is -2.49. The Hall–Kier alpha value is -0.940. The molecule has 3 unspecified atom stereocenters. The average Bonchev–Trinajstić information content (AvgIpc) is 2.97. The van der Waals surface area contributed by atoms with Gasteiger partial charge in [-0.2, -0.15) is 13.2 Å². The van der Waals surface area contributed by atoms with E-state index < -0.39 is 11.7 Å². The number of hydrogen-bond acceptors (Lipinski definition) is 2. The van der Waals surface area contributed by atoms with Gasteiger partial charge in [-0.1, -0.05) is 11.6 Å². The summed E-state index contributed by atoms with van der Waals surface area (Å²) in [5.41, 5.74) is 5.35. The molecular formula is C15H18ClF3N2. The molecule has 1 aromatic carbocycles. The standard InChI is InChI=1S/C15H18ClF3N2/c16-12-4-11(15(17,18)19)5-13(6-12)21-14(8-20)7-9-1-2-10(14)3-9/h4-6,9-10,21H,1-3,7-8,20H2. The third-order valence-corrected chi connectivity index (χ3v) is 5.18. The second-order valence-electron chi connectivity index (χ2n) is 6.29. The summed E-state index contributed by atoms with van der Waals surface area (Å²) in [6, 6.07) is 3.61. The van der Waals surface area contributed by atoms with Gasteiger partial charge < -0.3 is 11.1 Å². The lowest BCUT2D eigenvalue weighted by Gasteiger charge is -2.38. The van der Waals surface area contributed by atoms with Crippen molar-refractivity contribution in [1.82, 2.24) is 0 Å². The Balaban J connectivity index is 1.89. The first-order valence-corrected chi connectivity index (χ1v) is 7.56. The fourth-order valence-electron chi connectivity index (χ4n) is 4.01. The third kappa shape index (κ3) is 2.73. The molecule has 3 atom stereocenters. The van der Waals surface area contributed by atoms with Crippen LogP contribution in [0.5, 0.6) is 0 Å². The number of halogens is 4. The first-order valence-electron chi connectivity index (χ1n) is 7.18. The first kappa shape index (κ1) is 15.0. The van der Waals surface area contributed by atoms with Crippen LogP contribution in [0.4, 0.5) is 18.9 Å². The van der Waals surface area contributed by atoms with Gasteiger partial charge in [-0.05, 0) is 55.7 Å². The predicted octanol–water partition coefficient (Wildman–Crippen LogP) is 4.29. The molecule has 2 saturated carbocycles. The molecule has 2 fully saturated rings. The normalized spacial score (nSPS) is 31.7. The minimum atomic E-state index is -4.40. The van der Waals surface area contributed by atoms with Crippen LogP contribution in [-0.4, -0.2) is 12.1 Å². The van der Waals surface area contributed by atoms with Crippen LogP contribution in [0.25, 0.3) is 0 Å². The minimum absolute atomic E-state index is 0.0858. The Bertz CT molecular complexity index is 546. The quantitative estimate of drug-likeness (QED) is 0.872. The van der Waals surface area contributed by atoms with E-state index in [-0.39, 0.29) is 10.6 Å². The molecule has 2 nitrogen and oxygen atoms in total. The summed E-state index contributed by atoms with van der Waals surface area (Å²) in [6.07, 6.45) is -0.0379. The van der Waals surface area contributed by atoms with Crippen molar-refractivity contribution in [2.24, 2.45) is 17.6 Å². The van der Waals surface area contributed by atoms with Gasteiger partial charge in [0.1, 0.15) is 0 Å². The molecule has 1 aromatic rings. The molecule has 0 spiro atoms. The topological polar surface area (TPSA) is 38.0 Å². The van der Waals surface area contributed by atoms with E-state index in [1.165, 1.54) is 6.42 Å². The van der Waals surface area contributed by atoms with Gasteiger partial charge in [0, 0.05) is 17.3 Å². The monoisotopic (exact) mass is 318 g/mol. The molecule has 0 radical (unpaired) electrons. The van der Waals surface area contributed by atoms with Crippen LogP contribution in [0.3, 0.4) is 0 Å². The summed E-state index contributed by atoms with van der Waals surface area (Å²) in [5, 5.41) is 3.37. The number of nitrogens with two attached hydrogens (primary N) is 1. The van der Waals surface area contributed by atoms with Crippen molar-refractivity contribution in [3.63, 3.8) is 0 Å². The van der Waals surface area contributed by atoms with Gasteiger partial charge >= 0.3 is 6.18 Å². The first-order chi connectivity index (χ1) is 9.82. The van der Waals surface area contributed by atoms with Crippen LogP contribution in [-0.2, 0) is 6.18 Å². The zero-order valence-electron chi connectivity index (χ0n) is 11.5. The SMILES string of the molecule is NCC1(Nc2cc(Cl)cc(C(F)(F)F)c2)CC2CCC1C2. The molecule has 0 saturated heterocycles. The lowest BCUT2D eigenvalue weighted by atomic mass is 9.80. The Morgan fingerprint density at radius 1 is 1.29 bits per heavy atom. The van der Waals surface area contributed by atoms with Gasteiger partial charge in [0.25, 0.3) is 0 Å². The number of anilines is 1. The van der Waals surface area contributed by atoms with Crippen LogP contribution >= 0.6 is 11.6 Å². The molecule has 2 aliphatic rings. The average molecular weight is 319 g/mol. The largest absolute Gasteiger partial charge is 0.416 e. The van der Waals surface area contributed by atoms with Gasteiger partial charge in [0.2, 0.25) is 0 Å². The van der Waals surface area contributed by atoms with Crippen molar-refractivity contribution in [3.05, 3.63) is 28.8 Å². The van der Waals surface area contributed by atoms with Gasteiger partial charge in [-0.3, -0.25) is 0 Å². The van der Waals surface area contributed by atoms with Crippen LogP contribution < -0.4 is 11.1 Å². The zero-order chi connectivity index (χ0) is 15.3. The van der Waals surface area contributed by atoms with Crippen LogP contribution in [0.2, 0.25) is 5.02 Å². The van der Waals surface area contributed by atoms with Crippen molar-refractivity contribution in [1.29, 1.82) is 0 Å². The molecule has 3 N–H and O–H groups in total. The molecule has 2 bridgehead atoms. The molecule has 6 heteroatoms. The third-order valence-electron chi connectivity index (χ3n) is 4.96. The summed E-state index contributed by atoms with van der Waals surface area (Å²) in [4.78, 5) is 0. The summed E-state index contributed by atoms with van der Waals surface area (Å²) in [7, 11) is 0. The predicted molar refractivity (Wildman–Crippen MR) is 77.3 cm³/mol. The van der Waals surface area contributed by atoms with Crippen molar-refractivity contribution in [3.8, 4) is 0 Å². The summed E-state index contributed by atoms with van der Waals surface area (Å²) in [5.74, 6) is 1.09. The van der Waals surface area contributed by atoms with Crippen molar-refractivity contribution < 1.29 is 13.2 Å². The number of rotatable bonds is 3. The van der Waals surface area contributed by atoms with Gasteiger partial charge in [-0.25, -0.2) is 0 Å². The van der Waals surface area contributed by atoms with Gasteiger partial charge in [-0.15, -0.1) is 0 Å². The highest BCUT2D eigenvalue weighted by molar-refractivity contribution is 6.30. The second kappa shape index (κ2) is 5.06. The van der Waals surface area contributed by atoms with Gasteiger partial charge in [0.15, 0.2) is 0 Å². The second-order valence-corrected chi connectivity index (χ2v) is 6.73. The maximum absolute atomic E-state index is 12.9. The van der Waals surface area contributed by atoms with E-state index in [2.05, 4.69) is 5.32 Å². The molecule has 2 aliphatic carbocycles.